The van der Waals surface area contributed by atoms with Gasteiger partial charge in [-0.25, -0.2) is 8.78 Å². The summed E-state index contributed by atoms with van der Waals surface area (Å²) in [5.74, 6) is -0.576. The molecule has 0 saturated carbocycles. The largest absolute Gasteiger partial charge is 0.337 e. The second-order valence-electron chi connectivity index (χ2n) is 5.10. The highest BCUT2D eigenvalue weighted by Gasteiger charge is 2.27. The fourth-order valence-electron chi connectivity index (χ4n) is 2.02. The predicted molar refractivity (Wildman–Crippen MR) is 69.9 cm³/mol. The molecule has 0 aliphatic heterocycles. The SMILES string of the molecule is CCCC(C)(N)c1nc(Cc2ccc(F)cc2F)no1. The quantitative estimate of drug-likeness (QED) is 0.915. The molecular weight excluding hydrogens is 264 g/mol. The maximum Gasteiger partial charge on any atom is 0.246 e. The maximum atomic E-state index is 13.5. The van der Waals surface area contributed by atoms with Crippen LogP contribution in [0.2, 0.25) is 0 Å². The van der Waals surface area contributed by atoms with Gasteiger partial charge in [0.15, 0.2) is 5.82 Å². The Bertz CT molecular complexity index is 596. The summed E-state index contributed by atoms with van der Waals surface area (Å²) < 4.78 is 31.5. The third-order valence-electron chi connectivity index (χ3n) is 3.09. The Kier molecular flexibility index (Phi) is 4.13. The van der Waals surface area contributed by atoms with E-state index in [1.54, 1.807) is 0 Å². The first kappa shape index (κ1) is 14.6. The van der Waals surface area contributed by atoms with Crippen molar-refractivity contribution in [3.8, 4) is 0 Å². The zero-order chi connectivity index (χ0) is 14.8. The van der Waals surface area contributed by atoms with E-state index in [-0.39, 0.29) is 6.42 Å². The number of benzene rings is 1. The topological polar surface area (TPSA) is 64.9 Å². The molecule has 1 atom stereocenters. The Morgan fingerprint density at radius 3 is 2.75 bits per heavy atom. The lowest BCUT2D eigenvalue weighted by Crippen LogP contribution is -2.33. The van der Waals surface area contributed by atoms with Gasteiger partial charge in [-0.2, -0.15) is 4.98 Å². The zero-order valence-corrected chi connectivity index (χ0v) is 11.5. The smallest absolute Gasteiger partial charge is 0.246 e. The summed E-state index contributed by atoms with van der Waals surface area (Å²) in [7, 11) is 0. The maximum absolute atomic E-state index is 13.5. The molecule has 108 valence electrons. The van der Waals surface area contributed by atoms with Gasteiger partial charge in [-0.3, -0.25) is 0 Å². The van der Waals surface area contributed by atoms with Crippen molar-refractivity contribution < 1.29 is 13.3 Å². The molecular formula is C14H17F2N3O. The number of hydrogen-bond donors (Lipinski definition) is 1. The normalized spacial score (nSPS) is 14.2. The van der Waals surface area contributed by atoms with Gasteiger partial charge in [-0.15, -0.1) is 0 Å². The van der Waals surface area contributed by atoms with Gasteiger partial charge in [0.2, 0.25) is 5.89 Å². The van der Waals surface area contributed by atoms with Crippen molar-refractivity contribution in [2.45, 2.75) is 38.6 Å². The van der Waals surface area contributed by atoms with Crippen molar-refractivity contribution in [1.29, 1.82) is 0 Å². The highest BCUT2D eigenvalue weighted by molar-refractivity contribution is 5.21. The van der Waals surface area contributed by atoms with Crippen LogP contribution in [0.5, 0.6) is 0 Å². The molecule has 0 saturated heterocycles. The average Bonchev–Trinajstić information content (AvgIpc) is 2.82. The molecule has 20 heavy (non-hydrogen) atoms. The number of halogens is 2. The molecule has 0 aliphatic carbocycles. The molecule has 1 aromatic carbocycles. The summed E-state index contributed by atoms with van der Waals surface area (Å²) in [6.45, 7) is 3.82. The average molecular weight is 281 g/mol. The van der Waals surface area contributed by atoms with Crippen LogP contribution >= 0.6 is 0 Å². The highest BCUT2D eigenvalue weighted by Crippen LogP contribution is 2.22. The number of nitrogens with two attached hydrogens (primary N) is 1. The van der Waals surface area contributed by atoms with Crippen molar-refractivity contribution in [3.63, 3.8) is 0 Å². The molecule has 0 spiro atoms. The first-order chi connectivity index (χ1) is 9.42. The van der Waals surface area contributed by atoms with Crippen molar-refractivity contribution >= 4 is 0 Å². The highest BCUT2D eigenvalue weighted by atomic mass is 19.1. The van der Waals surface area contributed by atoms with E-state index in [2.05, 4.69) is 10.1 Å². The Hall–Kier alpha value is -1.82. The van der Waals surface area contributed by atoms with Gasteiger partial charge < -0.3 is 10.3 Å². The van der Waals surface area contributed by atoms with E-state index in [0.29, 0.717) is 23.7 Å². The van der Waals surface area contributed by atoms with Crippen LogP contribution in [-0.4, -0.2) is 10.1 Å². The molecule has 1 heterocycles. The molecule has 2 N–H and O–H groups in total. The first-order valence-corrected chi connectivity index (χ1v) is 6.48. The van der Waals surface area contributed by atoms with Gasteiger partial charge >= 0.3 is 0 Å². The summed E-state index contributed by atoms with van der Waals surface area (Å²) in [6, 6.07) is 3.40. The molecule has 0 fully saturated rings. The minimum Gasteiger partial charge on any atom is -0.337 e. The van der Waals surface area contributed by atoms with Crippen LogP contribution < -0.4 is 5.73 Å². The van der Waals surface area contributed by atoms with Gasteiger partial charge in [-0.1, -0.05) is 24.6 Å². The fourth-order valence-corrected chi connectivity index (χ4v) is 2.02. The van der Waals surface area contributed by atoms with Crippen LogP contribution in [0.1, 0.15) is 44.0 Å². The number of nitrogens with zero attached hydrogens (tertiary/aromatic N) is 2. The Morgan fingerprint density at radius 1 is 1.35 bits per heavy atom. The molecule has 0 amide bonds. The van der Waals surface area contributed by atoms with Crippen LogP contribution in [0.4, 0.5) is 8.78 Å². The van der Waals surface area contributed by atoms with Crippen LogP contribution in [0, 0.1) is 11.6 Å². The van der Waals surface area contributed by atoms with Crippen molar-refractivity contribution in [3.05, 3.63) is 47.1 Å². The molecule has 0 bridgehead atoms. The number of rotatable bonds is 5. The Labute approximate surface area is 116 Å². The van der Waals surface area contributed by atoms with E-state index in [1.807, 2.05) is 13.8 Å². The molecule has 2 aromatic rings. The van der Waals surface area contributed by atoms with Gasteiger partial charge in [-0.05, 0) is 25.0 Å². The molecule has 0 radical (unpaired) electrons. The van der Waals surface area contributed by atoms with E-state index in [0.717, 1.165) is 12.5 Å². The third kappa shape index (κ3) is 3.19. The summed E-state index contributed by atoms with van der Waals surface area (Å²) >= 11 is 0. The van der Waals surface area contributed by atoms with Gasteiger partial charge in [0.05, 0.1) is 5.54 Å². The summed E-state index contributed by atoms with van der Waals surface area (Å²) in [4.78, 5) is 4.20. The van der Waals surface area contributed by atoms with Crippen molar-refractivity contribution in [2.75, 3.05) is 0 Å². The Balaban J connectivity index is 2.17. The molecule has 6 heteroatoms. The van der Waals surface area contributed by atoms with E-state index in [4.69, 9.17) is 10.3 Å². The summed E-state index contributed by atoms with van der Waals surface area (Å²) in [5, 5.41) is 3.80. The van der Waals surface area contributed by atoms with Gasteiger partial charge in [0.1, 0.15) is 11.6 Å². The number of aromatic nitrogens is 2. The van der Waals surface area contributed by atoms with Crippen molar-refractivity contribution in [2.24, 2.45) is 5.73 Å². The molecule has 1 aromatic heterocycles. The van der Waals surface area contributed by atoms with E-state index in [9.17, 15) is 8.78 Å². The predicted octanol–water partition coefficient (Wildman–Crippen LogP) is 2.91. The zero-order valence-electron chi connectivity index (χ0n) is 11.5. The lowest BCUT2D eigenvalue weighted by atomic mass is 9.98. The lowest BCUT2D eigenvalue weighted by molar-refractivity contribution is 0.282. The number of hydrogen-bond acceptors (Lipinski definition) is 4. The summed E-state index contributed by atoms with van der Waals surface area (Å²) in [6.07, 6.45) is 1.73. The molecule has 4 nitrogen and oxygen atoms in total. The van der Waals surface area contributed by atoms with Gasteiger partial charge in [0.25, 0.3) is 0 Å². The standard InChI is InChI=1S/C14H17F2N3O/c1-3-6-14(2,17)13-18-12(19-20-13)7-9-4-5-10(15)8-11(9)16/h4-5,8H,3,6-7,17H2,1-2H3. The lowest BCUT2D eigenvalue weighted by Gasteiger charge is -2.18. The van der Waals surface area contributed by atoms with E-state index >= 15 is 0 Å². The van der Waals surface area contributed by atoms with Crippen LogP contribution in [-0.2, 0) is 12.0 Å². The molecule has 1 unspecified atom stereocenters. The van der Waals surface area contributed by atoms with E-state index in [1.165, 1.54) is 12.1 Å². The molecule has 0 aliphatic rings. The second kappa shape index (κ2) is 5.66. The summed E-state index contributed by atoms with van der Waals surface area (Å²) in [5.41, 5.74) is 5.70. The van der Waals surface area contributed by atoms with Crippen LogP contribution in [0.15, 0.2) is 22.7 Å². The third-order valence-corrected chi connectivity index (χ3v) is 3.09. The minimum absolute atomic E-state index is 0.137. The van der Waals surface area contributed by atoms with Gasteiger partial charge in [0, 0.05) is 12.5 Å². The first-order valence-electron chi connectivity index (χ1n) is 6.48. The monoisotopic (exact) mass is 281 g/mol. The van der Waals surface area contributed by atoms with E-state index < -0.39 is 17.2 Å². The van der Waals surface area contributed by atoms with Crippen LogP contribution in [0.25, 0.3) is 0 Å². The minimum atomic E-state index is -0.693. The fraction of sp³-hybridized carbons (Fsp3) is 0.429. The second-order valence-corrected chi connectivity index (χ2v) is 5.10. The molecule has 2 rings (SSSR count). The van der Waals surface area contributed by atoms with Crippen LogP contribution in [0.3, 0.4) is 0 Å². The Morgan fingerprint density at radius 2 is 2.10 bits per heavy atom. The van der Waals surface area contributed by atoms with Crippen molar-refractivity contribution in [1.82, 2.24) is 10.1 Å².